The van der Waals surface area contributed by atoms with Crippen molar-refractivity contribution in [1.82, 2.24) is 0 Å². The highest BCUT2D eigenvalue weighted by Crippen LogP contribution is 2.27. The topological polar surface area (TPSA) is 91.3 Å². The first-order valence-corrected chi connectivity index (χ1v) is 6.49. The summed E-state index contributed by atoms with van der Waals surface area (Å²) in [7, 11) is 0. The fourth-order valence-electron chi connectivity index (χ4n) is 2.07. The number of nitrogens with zero attached hydrogens (tertiary/aromatic N) is 4. The Labute approximate surface area is 125 Å². The Hall–Kier alpha value is -3.37. The lowest BCUT2D eigenvalue weighted by molar-refractivity contribution is 0.560. The first-order valence-electron chi connectivity index (χ1n) is 6.49. The van der Waals surface area contributed by atoms with Gasteiger partial charge in [0.05, 0.1) is 16.9 Å². The molecule has 3 rings (SSSR count). The lowest BCUT2D eigenvalue weighted by Crippen LogP contribution is -2.06. The maximum Gasteiger partial charge on any atom is 0.345 e. The fraction of sp³-hybridized carbons (Fsp3) is 0. The van der Waals surface area contributed by atoms with Crippen LogP contribution in [0.25, 0.3) is 21.4 Å². The maximum absolute atomic E-state index is 12.1. The SMILES string of the molecule is [N-]=[N+]=Nc1c(C=Nc2ccccc2)c(=O)oc2ccccc12. The molecule has 1 aromatic heterocycles. The lowest BCUT2D eigenvalue weighted by Gasteiger charge is -2.03. The monoisotopic (exact) mass is 290 g/mol. The van der Waals surface area contributed by atoms with Crippen molar-refractivity contribution in [2.24, 2.45) is 10.1 Å². The fourth-order valence-corrected chi connectivity index (χ4v) is 2.07. The summed E-state index contributed by atoms with van der Waals surface area (Å²) in [5.74, 6) is 0. The van der Waals surface area contributed by atoms with Gasteiger partial charge in [-0.3, -0.25) is 4.99 Å². The van der Waals surface area contributed by atoms with Gasteiger partial charge in [0.1, 0.15) is 5.58 Å². The molecule has 0 radical (unpaired) electrons. The van der Waals surface area contributed by atoms with E-state index in [1.165, 1.54) is 6.21 Å². The zero-order valence-electron chi connectivity index (χ0n) is 11.4. The minimum absolute atomic E-state index is 0.125. The molecule has 0 aliphatic heterocycles. The van der Waals surface area contributed by atoms with Gasteiger partial charge in [-0.15, -0.1) is 0 Å². The van der Waals surface area contributed by atoms with E-state index in [1.807, 2.05) is 18.2 Å². The molecule has 1 heterocycles. The quantitative estimate of drug-likeness (QED) is 0.234. The third-order valence-electron chi connectivity index (χ3n) is 3.06. The molecular formula is C16H10N4O2. The van der Waals surface area contributed by atoms with Crippen molar-refractivity contribution in [3.8, 4) is 0 Å². The Morgan fingerprint density at radius 3 is 2.55 bits per heavy atom. The Morgan fingerprint density at radius 1 is 1.05 bits per heavy atom. The molecule has 6 nitrogen and oxygen atoms in total. The van der Waals surface area contributed by atoms with Gasteiger partial charge >= 0.3 is 5.63 Å². The predicted octanol–water partition coefficient (Wildman–Crippen LogP) is 4.49. The van der Waals surface area contributed by atoms with Crippen molar-refractivity contribution in [1.29, 1.82) is 0 Å². The largest absolute Gasteiger partial charge is 0.422 e. The van der Waals surface area contributed by atoms with Crippen LogP contribution in [0.5, 0.6) is 0 Å². The van der Waals surface area contributed by atoms with Crippen molar-refractivity contribution >= 4 is 28.6 Å². The molecule has 2 aromatic carbocycles. The molecule has 0 atom stereocenters. The van der Waals surface area contributed by atoms with E-state index in [0.717, 1.165) is 0 Å². The minimum atomic E-state index is -0.596. The van der Waals surface area contributed by atoms with Crippen LogP contribution < -0.4 is 5.63 Å². The van der Waals surface area contributed by atoms with Crippen molar-refractivity contribution in [2.45, 2.75) is 0 Å². The summed E-state index contributed by atoms with van der Waals surface area (Å²) in [4.78, 5) is 19.1. The average Bonchev–Trinajstić information content (AvgIpc) is 2.55. The van der Waals surface area contributed by atoms with Crippen LogP contribution in [0.4, 0.5) is 11.4 Å². The molecule has 6 heteroatoms. The Bertz CT molecular complexity index is 955. The molecule has 0 aliphatic carbocycles. The second-order valence-corrected chi connectivity index (χ2v) is 4.43. The molecule has 0 spiro atoms. The van der Waals surface area contributed by atoms with Crippen LogP contribution >= 0.6 is 0 Å². The summed E-state index contributed by atoms with van der Waals surface area (Å²) in [6.45, 7) is 0. The van der Waals surface area contributed by atoms with E-state index in [-0.39, 0.29) is 11.3 Å². The molecule has 0 bridgehead atoms. The third kappa shape index (κ3) is 2.59. The zero-order valence-corrected chi connectivity index (χ0v) is 11.4. The molecular weight excluding hydrogens is 280 g/mol. The van der Waals surface area contributed by atoms with Crippen LogP contribution in [0.1, 0.15) is 5.56 Å². The number of hydrogen-bond donors (Lipinski definition) is 0. The molecule has 0 fully saturated rings. The molecule has 0 N–H and O–H groups in total. The summed E-state index contributed by atoms with van der Waals surface area (Å²) in [6, 6.07) is 16.0. The molecule has 22 heavy (non-hydrogen) atoms. The maximum atomic E-state index is 12.1. The average molecular weight is 290 g/mol. The van der Waals surface area contributed by atoms with Crippen LogP contribution in [-0.2, 0) is 0 Å². The number of azide groups is 1. The van der Waals surface area contributed by atoms with Crippen molar-refractivity contribution < 1.29 is 4.42 Å². The second-order valence-electron chi connectivity index (χ2n) is 4.43. The Balaban J connectivity index is 2.22. The number of fused-ring (bicyclic) bond motifs is 1. The van der Waals surface area contributed by atoms with Gasteiger partial charge in [-0.05, 0) is 23.7 Å². The molecule has 0 amide bonds. The smallest absolute Gasteiger partial charge is 0.345 e. The first-order chi connectivity index (χ1) is 10.8. The van der Waals surface area contributed by atoms with E-state index in [4.69, 9.17) is 9.95 Å². The molecule has 0 saturated heterocycles. The van der Waals surface area contributed by atoms with Crippen LogP contribution in [-0.4, -0.2) is 6.21 Å². The highest BCUT2D eigenvalue weighted by atomic mass is 16.4. The lowest BCUT2D eigenvalue weighted by atomic mass is 10.1. The minimum Gasteiger partial charge on any atom is -0.422 e. The van der Waals surface area contributed by atoms with Crippen molar-refractivity contribution in [3.63, 3.8) is 0 Å². The number of hydrogen-bond acceptors (Lipinski definition) is 4. The molecule has 0 saturated carbocycles. The highest BCUT2D eigenvalue weighted by molar-refractivity contribution is 5.99. The molecule has 3 aromatic rings. The first kappa shape index (κ1) is 13.6. The van der Waals surface area contributed by atoms with Gasteiger partial charge in [-0.2, -0.15) is 0 Å². The van der Waals surface area contributed by atoms with Crippen LogP contribution in [0, 0.1) is 0 Å². The Kier molecular flexibility index (Phi) is 3.68. The van der Waals surface area contributed by atoms with Crippen LogP contribution in [0.15, 0.2) is 73.9 Å². The molecule has 0 unspecified atom stereocenters. The van der Waals surface area contributed by atoms with Crippen LogP contribution in [0.3, 0.4) is 0 Å². The van der Waals surface area contributed by atoms with E-state index >= 15 is 0 Å². The van der Waals surface area contributed by atoms with E-state index < -0.39 is 5.63 Å². The number of rotatable bonds is 3. The van der Waals surface area contributed by atoms with Crippen molar-refractivity contribution in [2.75, 3.05) is 0 Å². The van der Waals surface area contributed by atoms with Gasteiger partial charge in [0.2, 0.25) is 0 Å². The highest BCUT2D eigenvalue weighted by Gasteiger charge is 2.11. The number of aliphatic imine (C=N–C) groups is 1. The van der Waals surface area contributed by atoms with Gasteiger partial charge < -0.3 is 4.42 Å². The summed E-state index contributed by atoms with van der Waals surface area (Å²) < 4.78 is 5.24. The second kappa shape index (κ2) is 5.95. The van der Waals surface area contributed by atoms with Gasteiger partial charge in [0, 0.05) is 16.5 Å². The predicted molar refractivity (Wildman–Crippen MR) is 85.0 cm³/mol. The van der Waals surface area contributed by atoms with E-state index in [2.05, 4.69) is 15.0 Å². The van der Waals surface area contributed by atoms with Gasteiger partial charge in [0.25, 0.3) is 0 Å². The molecule has 106 valence electrons. The van der Waals surface area contributed by atoms with Crippen molar-refractivity contribution in [3.05, 3.63) is 81.0 Å². The number of benzene rings is 2. The standard InChI is InChI=1S/C16H10N4O2/c17-20-19-15-12-8-4-5-9-14(12)22-16(21)13(15)10-18-11-6-2-1-3-7-11/h1-10H. The normalized spacial score (nSPS) is 10.7. The summed E-state index contributed by atoms with van der Waals surface area (Å²) >= 11 is 0. The van der Waals surface area contributed by atoms with Gasteiger partial charge in [-0.1, -0.05) is 41.5 Å². The summed E-state index contributed by atoms with van der Waals surface area (Å²) in [5, 5.41) is 4.20. The van der Waals surface area contributed by atoms with Crippen LogP contribution in [0.2, 0.25) is 0 Å². The third-order valence-corrected chi connectivity index (χ3v) is 3.06. The summed E-state index contributed by atoms with van der Waals surface area (Å²) in [5.41, 5.74) is 9.56. The number of para-hydroxylation sites is 2. The van der Waals surface area contributed by atoms with E-state index in [9.17, 15) is 4.79 Å². The van der Waals surface area contributed by atoms with Gasteiger partial charge in [-0.25, -0.2) is 4.79 Å². The Morgan fingerprint density at radius 2 is 1.77 bits per heavy atom. The zero-order chi connectivity index (χ0) is 15.4. The summed E-state index contributed by atoms with van der Waals surface area (Å²) in [6.07, 6.45) is 1.36. The van der Waals surface area contributed by atoms with Gasteiger partial charge in [0.15, 0.2) is 0 Å². The molecule has 0 aliphatic rings. The van der Waals surface area contributed by atoms with E-state index in [1.54, 1.807) is 36.4 Å². The van der Waals surface area contributed by atoms with E-state index in [0.29, 0.717) is 16.7 Å².